The van der Waals surface area contributed by atoms with E-state index in [0.717, 1.165) is 10.4 Å². The SMILES string of the molecule is COCc1ccc(C(=O)O[C@H](C)c2nnc(-c3cccs3)o2)cc1. The summed E-state index contributed by atoms with van der Waals surface area (Å²) in [6.45, 7) is 2.20. The third-order valence-electron chi connectivity index (χ3n) is 3.30. The molecule has 0 saturated carbocycles. The van der Waals surface area contributed by atoms with Gasteiger partial charge < -0.3 is 13.9 Å². The van der Waals surface area contributed by atoms with Crippen molar-refractivity contribution in [3.05, 3.63) is 58.8 Å². The van der Waals surface area contributed by atoms with E-state index in [1.807, 2.05) is 29.6 Å². The summed E-state index contributed by atoms with van der Waals surface area (Å²) in [6, 6.07) is 10.8. The number of carbonyl (C=O) groups is 1. The van der Waals surface area contributed by atoms with Gasteiger partial charge in [-0.1, -0.05) is 18.2 Å². The second-order valence-electron chi connectivity index (χ2n) is 5.10. The third-order valence-corrected chi connectivity index (χ3v) is 4.16. The lowest BCUT2D eigenvalue weighted by Gasteiger charge is -2.09. The minimum Gasteiger partial charge on any atom is -0.449 e. The molecule has 0 unspecified atom stereocenters. The number of carbonyl (C=O) groups excluding carboxylic acids is 1. The molecular weight excluding hydrogens is 328 g/mol. The van der Waals surface area contributed by atoms with Crippen molar-refractivity contribution in [2.24, 2.45) is 0 Å². The largest absolute Gasteiger partial charge is 0.449 e. The van der Waals surface area contributed by atoms with Crippen molar-refractivity contribution < 1.29 is 18.7 Å². The highest BCUT2D eigenvalue weighted by Gasteiger charge is 2.20. The molecule has 0 aliphatic rings. The van der Waals surface area contributed by atoms with Crippen molar-refractivity contribution in [2.75, 3.05) is 7.11 Å². The predicted molar refractivity (Wildman–Crippen MR) is 88.6 cm³/mol. The lowest BCUT2D eigenvalue weighted by molar-refractivity contribution is 0.0280. The number of thiophene rings is 1. The molecule has 0 aliphatic carbocycles. The molecular formula is C17H16N2O4S. The van der Waals surface area contributed by atoms with E-state index in [-0.39, 0.29) is 5.89 Å². The van der Waals surface area contributed by atoms with E-state index < -0.39 is 12.1 Å². The van der Waals surface area contributed by atoms with Crippen LogP contribution in [0.25, 0.3) is 10.8 Å². The van der Waals surface area contributed by atoms with Crippen molar-refractivity contribution in [2.45, 2.75) is 19.6 Å². The van der Waals surface area contributed by atoms with Crippen LogP contribution in [0, 0.1) is 0 Å². The van der Waals surface area contributed by atoms with Gasteiger partial charge >= 0.3 is 5.97 Å². The van der Waals surface area contributed by atoms with Gasteiger partial charge in [0.1, 0.15) is 0 Å². The van der Waals surface area contributed by atoms with Gasteiger partial charge in [0, 0.05) is 7.11 Å². The average Bonchev–Trinajstić information content (AvgIpc) is 3.27. The molecule has 1 aromatic carbocycles. The van der Waals surface area contributed by atoms with Gasteiger partial charge in [-0.25, -0.2) is 4.79 Å². The topological polar surface area (TPSA) is 74.5 Å². The number of rotatable bonds is 6. The zero-order valence-electron chi connectivity index (χ0n) is 13.3. The maximum atomic E-state index is 12.2. The molecule has 3 rings (SSSR count). The van der Waals surface area contributed by atoms with Gasteiger partial charge in [-0.15, -0.1) is 21.5 Å². The molecule has 0 radical (unpaired) electrons. The Balaban J connectivity index is 1.65. The second-order valence-corrected chi connectivity index (χ2v) is 6.05. The highest BCUT2D eigenvalue weighted by Crippen LogP contribution is 2.26. The Morgan fingerprint density at radius 3 is 2.71 bits per heavy atom. The van der Waals surface area contributed by atoms with Gasteiger partial charge in [-0.2, -0.15) is 0 Å². The first-order valence-corrected chi connectivity index (χ1v) is 8.21. The Hall–Kier alpha value is -2.51. The van der Waals surface area contributed by atoms with Crippen LogP contribution in [-0.4, -0.2) is 23.3 Å². The van der Waals surface area contributed by atoms with E-state index in [2.05, 4.69) is 10.2 Å². The lowest BCUT2D eigenvalue weighted by Crippen LogP contribution is -2.09. The molecule has 0 bridgehead atoms. The van der Waals surface area contributed by atoms with Crippen molar-refractivity contribution in [3.63, 3.8) is 0 Å². The number of hydrogen-bond acceptors (Lipinski definition) is 7. The van der Waals surface area contributed by atoms with Gasteiger partial charge in [0.15, 0.2) is 6.10 Å². The molecule has 2 heterocycles. The van der Waals surface area contributed by atoms with E-state index in [1.54, 1.807) is 26.2 Å². The molecule has 3 aromatic rings. The Morgan fingerprint density at radius 2 is 2.04 bits per heavy atom. The van der Waals surface area contributed by atoms with Gasteiger partial charge in [0.05, 0.1) is 17.0 Å². The Morgan fingerprint density at radius 1 is 1.25 bits per heavy atom. The fraction of sp³-hybridized carbons (Fsp3) is 0.235. The average molecular weight is 344 g/mol. The quantitative estimate of drug-likeness (QED) is 0.632. The van der Waals surface area contributed by atoms with E-state index in [9.17, 15) is 4.79 Å². The minimum atomic E-state index is -0.627. The summed E-state index contributed by atoms with van der Waals surface area (Å²) < 4.78 is 16.0. The van der Waals surface area contributed by atoms with Gasteiger partial charge in [-0.3, -0.25) is 0 Å². The molecule has 0 N–H and O–H groups in total. The summed E-state index contributed by atoms with van der Waals surface area (Å²) in [5.41, 5.74) is 1.44. The molecule has 0 amide bonds. The van der Waals surface area contributed by atoms with Crippen LogP contribution in [-0.2, 0) is 16.1 Å². The van der Waals surface area contributed by atoms with E-state index >= 15 is 0 Å². The van der Waals surface area contributed by atoms with E-state index in [1.165, 1.54) is 11.3 Å². The van der Waals surface area contributed by atoms with Crippen molar-refractivity contribution >= 4 is 17.3 Å². The Kier molecular flexibility index (Phi) is 5.02. The highest BCUT2D eigenvalue weighted by atomic mass is 32.1. The number of nitrogens with zero attached hydrogens (tertiary/aromatic N) is 2. The minimum absolute atomic E-state index is 0.266. The third kappa shape index (κ3) is 3.69. The summed E-state index contributed by atoms with van der Waals surface area (Å²) >= 11 is 1.50. The van der Waals surface area contributed by atoms with E-state index in [4.69, 9.17) is 13.9 Å². The summed E-state index contributed by atoms with van der Waals surface area (Å²) in [7, 11) is 1.62. The first kappa shape index (κ1) is 16.4. The van der Waals surface area contributed by atoms with Crippen LogP contribution in [0.15, 0.2) is 46.2 Å². The van der Waals surface area contributed by atoms with Crippen LogP contribution in [0.4, 0.5) is 0 Å². The normalized spacial score (nSPS) is 12.1. The number of hydrogen-bond donors (Lipinski definition) is 0. The van der Waals surface area contributed by atoms with Crippen molar-refractivity contribution in [1.82, 2.24) is 10.2 Å². The number of ether oxygens (including phenoxy) is 2. The highest BCUT2D eigenvalue weighted by molar-refractivity contribution is 7.13. The lowest BCUT2D eigenvalue weighted by atomic mass is 10.1. The molecule has 2 aromatic heterocycles. The van der Waals surface area contributed by atoms with Crippen LogP contribution in [0.3, 0.4) is 0 Å². The zero-order chi connectivity index (χ0) is 16.9. The predicted octanol–water partition coefficient (Wildman–Crippen LogP) is 3.86. The molecule has 0 saturated heterocycles. The maximum Gasteiger partial charge on any atom is 0.338 e. The fourth-order valence-electron chi connectivity index (χ4n) is 2.08. The molecule has 1 atom stereocenters. The van der Waals surface area contributed by atoms with Gasteiger partial charge in [0.25, 0.3) is 11.8 Å². The van der Waals surface area contributed by atoms with Crippen LogP contribution < -0.4 is 0 Å². The number of aromatic nitrogens is 2. The van der Waals surface area contributed by atoms with E-state index in [0.29, 0.717) is 18.1 Å². The molecule has 0 spiro atoms. The summed E-state index contributed by atoms with van der Waals surface area (Å²) in [4.78, 5) is 13.1. The monoisotopic (exact) mass is 344 g/mol. The molecule has 7 heteroatoms. The van der Waals surface area contributed by atoms with Crippen molar-refractivity contribution in [1.29, 1.82) is 0 Å². The zero-order valence-corrected chi connectivity index (χ0v) is 14.1. The van der Waals surface area contributed by atoms with Crippen molar-refractivity contribution in [3.8, 4) is 10.8 Å². The van der Waals surface area contributed by atoms with Crippen LogP contribution in [0.2, 0.25) is 0 Å². The fourth-order valence-corrected chi connectivity index (χ4v) is 2.73. The Labute approximate surface area is 143 Å². The number of methoxy groups -OCH3 is 1. The number of benzene rings is 1. The molecule has 6 nitrogen and oxygen atoms in total. The Bertz CT molecular complexity index is 796. The molecule has 0 aliphatic heterocycles. The molecule has 0 fully saturated rings. The first-order valence-electron chi connectivity index (χ1n) is 7.33. The summed E-state index contributed by atoms with van der Waals surface area (Å²) in [6.07, 6.45) is -0.627. The maximum absolute atomic E-state index is 12.2. The molecule has 24 heavy (non-hydrogen) atoms. The molecule has 124 valence electrons. The number of esters is 1. The summed E-state index contributed by atoms with van der Waals surface area (Å²) in [5.74, 6) is 0.247. The van der Waals surface area contributed by atoms with Crippen LogP contribution in [0.1, 0.15) is 34.8 Å². The van der Waals surface area contributed by atoms with Crippen LogP contribution in [0.5, 0.6) is 0 Å². The smallest absolute Gasteiger partial charge is 0.338 e. The second kappa shape index (κ2) is 7.37. The standard InChI is InChI=1S/C17H16N2O4S/c1-11(15-18-19-16(23-15)14-4-3-9-24-14)22-17(20)13-7-5-12(6-8-13)10-21-2/h3-9,11H,10H2,1-2H3/t11-/m1/s1. The summed E-state index contributed by atoms with van der Waals surface area (Å²) in [5, 5.41) is 9.86. The first-order chi connectivity index (χ1) is 11.7. The van der Waals surface area contributed by atoms with Gasteiger partial charge in [-0.05, 0) is 36.1 Å². The van der Waals surface area contributed by atoms with Gasteiger partial charge in [0.2, 0.25) is 0 Å². The van der Waals surface area contributed by atoms with Crippen LogP contribution >= 0.6 is 11.3 Å².